The molecule has 0 atom stereocenters. The van der Waals surface area contributed by atoms with Gasteiger partial charge in [-0.2, -0.15) is 0 Å². The van der Waals surface area contributed by atoms with Crippen LogP contribution in [-0.4, -0.2) is 40.0 Å². The number of rotatable bonds is 5. The van der Waals surface area contributed by atoms with E-state index in [9.17, 15) is 4.79 Å². The summed E-state index contributed by atoms with van der Waals surface area (Å²) >= 11 is 0. The number of carbonyl (C=O) groups is 1. The number of likely N-dealkylation sites (tertiary alicyclic amines) is 1. The van der Waals surface area contributed by atoms with Crippen molar-refractivity contribution in [2.24, 2.45) is 5.92 Å². The molecule has 0 radical (unpaired) electrons. The van der Waals surface area contributed by atoms with Crippen LogP contribution in [0.4, 0.5) is 11.6 Å². The lowest BCUT2D eigenvalue weighted by Crippen LogP contribution is -2.38. The predicted octanol–water partition coefficient (Wildman–Crippen LogP) is 3.88. The fraction of sp³-hybridized carbons (Fsp3) is 0.450. The molecule has 1 aromatic heterocycles. The highest BCUT2D eigenvalue weighted by molar-refractivity contribution is 5.93. The molecule has 3 rings (SSSR count). The highest BCUT2D eigenvalue weighted by Gasteiger charge is 2.21. The molecule has 0 aliphatic carbocycles. The molecule has 1 fully saturated rings. The van der Waals surface area contributed by atoms with E-state index in [1.165, 1.54) is 0 Å². The molecule has 2 heterocycles. The Kier molecular flexibility index (Phi) is 5.71. The van der Waals surface area contributed by atoms with Crippen molar-refractivity contribution >= 4 is 17.5 Å². The molecule has 6 nitrogen and oxygen atoms in total. The van der Waals surface area contributed by atoms with Gasteiger partial charge >= 0.3 is 0 Å². The summed E-state index contributed by atoms with van der Waals surface area (Å²) in [5, 5.41) is 3.13. The smallest absolute Gasteiger partial charge is 0.256 e. The Hall–Kier alpha value is -2.63. The van der Waals surface area contributed by atoms with E-state index in [1.807, 2.05) is 43.0 Å². The van der Waals surface area contributed by atoms with E-state index >= 15 is 0 Å². The SMILES string of the molecule is CC1CCN(C(=O)c2cnc(Nc3ccc(OC(C)C)cc3)nc2)CC1. The van der Waals surface area contributed by atoms with Crippen molar-refractivity contribution < 1.29 is 9.53 Å². The maximum absolute atomic E-state index is 12.5. The largest absolute Gasteiger partial charge is 0.491 e. The van der Waals surface area contributed by atoms with Crippen LogP contribution in [0.2, 0.25) is 0 Å². The van der Waals surface area contributed by atoms with Crippen LogP contribution >= 0.6 is 0 Å². The van der Waals surface area contributed by atoms with Crippen molar-refractivity contribution in [1.82, 2.24) is 14.9 Å². The standard InChI is InChI=1S/C20H26N4O2/c1-14(2)26-18-6-4-17(5-7-18)23-20-21-12-16(13-22-20)19(25)24-10-8-15(3)9-11-24/h4-7,12-15H,8-11H2,1-3H3,(H,21,22,23). The second kappa shape index (κ2) is 8.17. The van der Waals surface area contributed by atoms with Gasteiger partial charge in [-0.15, -0.1) is 0 Å². The van der Waals surface area contributed by atoms with Gasteiger partial charge in [-0.05, 0) is 56.9 Å². The summed E-state index contributed by atoms with van der Waals surface area (Å²) in [5.41, 5.74) is 1.40. The normalized spacial score (nSPS) is 15.2. The van der Waals surface area contributed by atoms with Crippen LogP contribution in [0.3, 0.4) is 0 Å². The lowest BCUT2D eigenvalue weighted by atomic mass is 9.99. The molecule has 26 heavy (non-hydrogen) atoms. The van der Waals surface area contributed by atoms with Crippen molar-refractivity contribution in [1.29, 1.82) is 0 Å². The van der Waals surface area contributed by atoms with Crippen LogP contribution in [0, 0.1) is 5.92 Å². The fourth-order valence-electron chi connectivity index (χ4n) is 2.92. The number of ether oxygens (including phenoxy) is 1. The van der Waals surface area contributed by atoms with Gasteiger partial charge in [0.25, 0.3) is 5.91 Å². The maximum Gasteiger partial charge on any atom is 0.256 e. The second-order valence-corrected chi connectivity index (χ2v) is 7.09. The van der Waals surface area contributed by atoms with Gasteiger partial charge < -0.3 is 15.0 Å². The summed E-state index contributed by atoms with van der Waals surface area (Å²) in [4.78, 5) is 23.0. The van der Waals surface area contributed by atoms with Gasteiger partial charge in [-0.1, -0.05) is 6.92 Å². The van der Waals surface area contributed by atoms with Crippen LogP contribution in [0.5, 0.6) is 5.75 Å². The Bertz CT molecular complexity index is 720. The zero-order chi connectivity index (χ0) is 18.5. The molecule has 1 amide bonds. The summed E-state index contributed by atoms with van der Waals surface area (Å²) in [7, 11) is 0. The minimum absolute atomic E-state index is 0.0126. The summed E-state index contributed by atoms with van der Waals surface area (Å²) in [5.74, 6) is 1.99. The average Bonchev–Trinajstić information content (AvgIpc) is 2.64. The van der Waals surface area contributed by atoms with Gasteiger partial charge in [0.1, 0.15) is 5.75 Å². The van der Waals surface area contributed by atoms with Gasteiger partial charge in [0, 0.05) is 31.2 Å². The van der Waals surface area contributed by atoms with Gasteiger partial charge in [-0.25, -0.2) is 9.97 Å². The lowest BCUT2D eigenvalue weighted by Gasteiger charge is -2.30. The van der Waals surface area contributed by atoms with Crippen molar-refractivity contribution in [3.05, 3.63) is 42.2 Å². The fourth-order valence-corrected chi connectivity index (χ4v) is 2.92. The van der Waals surface area contributed by atoms with Gasteiger partial charge in [0.15, 0.2) is 0 Å². The van der Waals surface area contributed by atoms with E-state index in [-0.39, 0.29) is 12.0 Å². The topological polar surface area (TPSA) is 67.4 Å². The number of benzene rings is 1. The molecule has 1 saturated heterocycles. The van der Waals surface area contributed by atoms with Crippen LogP contribution in [0.25, 0.3) is 0 Å². The highest BCUT2D eigenvalue weighted by Crippen LogP contribution is 2.20. The molecule has 1 aliphatic heterocycles. The van der Waals surface area contributed by atoms with E-state index < -0.39 is 0 Å². The molecule has 0 bridgehead atoms. The minimum Gasteiger partial charge on any atom is -0.491 e. The third-order valence-electron chi connectivity index (χ3n) is 4.45. The second-order valence-electron chi connectivity index (χ2n) is 7.09. The zero-order valence-electron chi connectivity index (χ0n) is 15.6. The summed E-state index contributed by atoms with van der Waals surface area (Å²) in [6, 6.07) is 7.62. The van der Waals surface area contributed by atoms with Gasteiger partial charge in [0.05, 0.1) is 11.7 Å². The van der Waals surface area contributed by atoms with Crippen LogP contribution in [-0.2, 0) is 0 Å². The number of hydrogen-bond acceptors (Lipinski definition) is 5. The molecule has 1 N–H and O–H groups in total. The van der Waals surface area contributed by atoms with Gasteiger partial charge in [0.2, 0.25) is 5.95 Å². The monoisotopic (exact) mass is 354 g/mol. The Balaban J connectivity index is 1.59. The molecule has 0 spiro atoms. The number of hydrogen-bond donors (Lipinski definition) is 1. The highest BCUT2D eigenvalue weighted by atomic mass is 16.5. The minimum atomic E-state index is 0.0126. The molecule has 1 aliphatic rings. The Morgan fingerprint density at radius 3 is 2.35 bits per heavy atom. The molecule has 0 saturated carbocycles. The summed E-state index contributed by atoms with van der Waals surface area (Å²) in [6.07, 6.45) is 5.44. The number of aromatic nitrogens is 2. The van der Waals surface area contributed by atoms with E-state index in [0.29, 0.717) is 17.4 Å². The van der Waals surface area contributed by atoms with E-state index in [1.54, 1.807) is 12.4 Å². The van der Waals surface area contributed by atoms with E-state index in [2.05, 4.69) is 22.2 Å². The van der Waals surface area contributed by atoms with E-state index in [4.69, 9.17) is 4.74 Å². The van der Waals surface area contributed by atoms with Crippen molar-refractivity contribution in [2.45, 2.75) is 39.7 Å². The predicted molar refractivity (Wildman–Crippen MR) is 102 cm³/mol. The van der Waals surface area contributed by atoms with Crippen LogP contribution in [0.15, 0.2) is 36.7 Å². The molecule has 0 unspecified atom stereocenters. The molecular formula is C20H26N4O2. The zero-order valence-corrected chi connectivity index (χ0v) is 15.6. The Morgan fingerprint density at radius 2 is 1.77 bits per heavy atom. The number of piperidine rings is 1. The van der Waals surface area contributed by atoms with Crippen molar-refractivity contribution in [3.8, 4) is 5.75 Å². The molecule has 138 valence electrons. The summed E-state index contributed by atoms with van der Waals surface area (Å²) in [6.45, 7) is 7.84. The average molecular weight is 354 g/mol. The van der Waals surface area contributed by atoms with Crippen LogP contribution < -0.4 is 10.1 Å². The molecule has 6 heteroatoms. The number of anilines is 2. The van der Waals surface area contributed by atoms with Gasteiger partial charge in [-0.3, -0.25) is 4.79 Å². The van der Waals surface area contributed by atoms with Crippen molar-refractivity contribution in [3.63, 3.8) is 0 Å². The molecular weight excluding hydrogens is 328 g/mol. The number of nitrogens with one attached hydrogen (secondary N) is 1. The van der Waals surface area contributed by atoms with E-state index in [0.717, 1.165) is 37.4 Å². The lowest BCUT2D eigenvalue weighted by molar-refractivity contribution is 0.0696. The first-order valence-corrected chi connectivity index (χ1v) is 9.16. The third kappa shape index (κ3) is 4.71. The first-order chi connectivity index (χ1) is 12.5. The van der Waals surface area contributed by atoms with Crippen LogP contribution in [0.1, 0.15) is 44.0 Å². The molecule has 1 aromatic carbocycles. The number of nitrogens with zero attached hydrogens (tertiary/aromatic N) is 3. The maximum atomic E-state index is 12.5. The quantitative estimate of drug-likeness (QED) is 0.882. The Labute approximate surface area is 154 Å². The third-order valence-corrected chi connectivity index (χ3v) is 4.45. The first kappa shape index (κ1) is 18.2. The Morgan fingerprint density at radius 1 is 1.15 bits per heavy atom. The number of amides is 1. The summed E-state index contributed by atoms with van der Waals surface area (Å²) < 4.78 is 5.62. The number of carbonyl (C=O) groups excluding carboxylic acids is 1. The first-order valence-electron chi connectivity index (χ1n) is 9.16. The molecule has 2 aromatic rings. The van der Waals surface area contributed by atoms with Crippen molar-refractivity contribution in [2.75, 3.05) is 18.4 Å².